The number of carbonyl (C=O) groups excluding carboxylic acids is 2. The Kier molecular flexibility index (Phi) is 6.18. The number of aryl methyl sites for hydroxylation is 2. The lowest BCUT2D eigenvalue weighted by Crippen LogP contribution is -2.50. The SMILES string of the molecule is Cc1ccc(C(=O)N2CCN(C(=O)CCCn3nnc(-c4ccccc4)n3)CC2)s1. The average Bonchev–Trinajstić information content (AvgIpc) is 3.43. The van der Waals surface area contributed by atoms with Gasteiger partial charge in [0.05, 0.1) is 11.4 Å². The number of hydrogen-bond acceptors (Lipinski definition) is 6. The molecule has 4 rings (SSSR count). The zero-order valence-electron chi connectivity index (χ0n) is 16.9. The summed E-state index contributed by atoms with van der Waals surface area (Å²) in [6, 6.07) is 13.5. The quantitative estimate of drug-likeness (QED) is 0.607. The van der Waals surface area contributed by atoms with Gasteiger partial charge in [0, 0.05) is 43.0 Å². The third-order valence-electron chi connectivity index (χ3n) is 5.10. The minimum atomic E-state index is 0.0617. The molecule has 1 aliphatic rings. The van der Waals surface area contributed by atoms with Gasteiger partial charge in [-0.2, -0.15) is 4.80 Å². The standard InChI is InChI=1S/C21H24N6O2S/c1-16-9-10-18(30-16)21(29)26-14-12-25(13-15-26)19(28)8-5-11-27-23-20(22-24-27)17-6-3-2-4-7-17/h2-4,6-7,9-10H,5,8,11-15H2,1H3. The molecule has 2 aromatic heterocycles. The summed E-state index contributed by atoms with van der Waals surface area (Å²) < 4.78 is 0. The highest BCUT2D eigenvalue weighted by atomic mass is 32.1. The van der Waals surface area contributed by atoms with E-state index in [-0.39, 0.29) is 11.8 Å². The van der Waals surface area contributed by atoms with Crippen LogP contribution in [-0.4, -0.2) is 68.0 Å². The van der Waals surface area contributed by atoms with Crippen LogP contribution >= 0.6 is 11.3 Å². The van der Waals surface area contributed by atoms with E-state index in [1.165, 1.54) is 16.1 Å². The summed E-state index contributed by atoms with van der Waals surface area (Å²) >= 11 is 1.51. The fraction of sp³-hybridized carbons (Fsp3) is 0.381. The molecule has 8 nitrogen and oxygen atoms in total. The molecule has 9 heteroatoms. The molecule has 0 unspecified atom stereocenters. The van der Waals surface area contributed by atoms with Gasteiger partial charge in [0.25, 0.3) is 5.91 Å². The first-order valence-electron chi connectivity index (χ1n) is 10.1. The molecule has 1 saturated heterocycles. The molecule has 0 saturated carbocycles. The van der Waals surface area contributed by atoms with E-state index in [2.05, 4.69) is 15.4 Å². The number of amides is 2. The zero-order chi connectivity index (χ0) is 20.9. The van der Waals surface area contributed by atoms with E-state index >= 15 is 0 Å². The number of thiophene rings is 1. The van der Waals surface area contributed by atoms with Crippen LogP contribution in [0.4, 0.5) is 0 Å². The lowest BCUT2D eigenvalue weighted by atomic mass is 10.2. The maximum Gasteiger partial charge on any atom is 0.264 e. The van der Waals surface area contributed by atoms with Crippen molar-refractivity contribution in [2.75, 3.05) is 26.2 Å². The lowest BCUT2D eigenvalue weighted by molar-refractivity contribution is -0.132. The minimum Gasteiger partial charge on any atom is -0.339 e. The van der Waals surface area contributed by atoms with Crippen LogP contribution in [0.5, 0.6) is 0 Å². The third-order valence-corrected chi connectivity index (χ3v) is 6.09. The van der Waals surface area contributed by atoms with Crippen LogP contribution < -0.4 is 0 Å². The largest absolute Gasteiger partial charge is 0.339 e. The Hall–Kier alpha value is -3.07. The highest BCUT2D eigenvalue weighted by molar-refractivity contribution is 7.13. The van der Waals surface area contributed by atoms with Crippen molar-refractivity contribution in [1.82, 2.24) is 30.0 Å². The molecule has 0 bridgehead atoms. The van der Waals surface area contributed by atoms with Gasteiger partial charge in [0.2, 0.25) is 11.7 Å². The van der Waals surface area contributed by atoms with Gasteiger partial charge in [-0.1, -0.05) is 30.3 Å². The van der Waals surface area contributed by atoms with Crippen LogP contribution in [0.15, 0.2) is 42.5 Å². The second kappa shape index (κ2) is 9.17. The second-order valence-corrected chi connectivity index (χ2v) is 8.55. The van der Waals surface area contributed by atoms with Gasteiger partial charge in [-0.3, -0.25) is 9.59 Å². The molecule has 1 fully saturated rings. The van der Waals surface area contributed by atoms with Crippen LogP contribution in [0.1, 0.15) is 27.4 Å². The predicted octanol–water partition coefficient (Wildman–Crippen LogP) is 2.47. The fourth-order valence-corrected chi connectivity index (χ4v) is 4.27. The molecule has 0 atom stereocenters. The molecule has 0 radical (unpaired) electrons. The van der Waals surface area contributed by atoms with E-state index in [4.69, 9.17) is 0 Å². The van der Waals surface area contributed by atoms with Crippen molar-refractivity contribution in [3.63, 3.8) is 0 Å². The van der Waals surface area contributed by atoms with Gasteiger partial charge in [-0.25, -0.2) is 0 Å². The Bertz CT molecular complexity index is 1010. The third kappa shape index (κ3) is 4.73. The number of nitrogens with zero attached hydrogens (tertiary/aromatic N) is 6. The zero-order valence-corrected chi connectivity index (χ0v) is 17.7. The number of tetrazole rings is 1. The average molecular weight is 425 g/mol. The number of aromatic nitrogens is 4. The summed E-state index contributed by atoms with van der Waals surface area (Å²) in [6.45, 7) is 4.85. The first-order valence-corrected chi connectivity index (χ1v) is 10.9. The van der Waals surface area contributed by atoms with Crippen LogP contribution in [0, 0.1) is 6.92 Å². The molecule has 156 valence electrons. The van der Waals surface area contributed by atoms with Crippen molar-refractivity contribution in [2.45, 2.75) is 26.3 Å². The van der Waals surface area contributed by atoms with Crippen LogP contribution in [0.2, 0.25) is 0 Å². The maximum absolute atomic E-state index is 12.5. The van der Waals surface area contributed by atoms with Crippen molar-refractivity contribution in [3.05, 3.63) is 52.2 Å². The van der Waals surface area contributed by atoms with Crippen LogP contribution in [0.3, 0.4) is 0 Å². The van der Waals surface area contributed by atoms with Gasteiger partial charge in [-0.05, 0) is 30.7 Å². The smallest absolute Gasteiger partial charge is 0.264 e. The maximum atomic E-state index is 12.5. The normalized spacial score (nSPS) is 14.2. The van der Waals surface area contributed by atoms with Crippen molar-refractivity contribution < 1.29 is 9.59 Å². The van der Waals surface area contributed by atoms with Crippen molar-refractivity contribution in [1.29, 1.82) is 0 Å². The number of benzene rings is 1. The first-order chi connectivity index (χ1) is 14.6. The van der Waals surface area contributed by atoms with E-state index in [1.807, 2.05) is 59.2 Å². The van der Waals surface area contributed by atoms with E-state index in [0.717, 1.165) is 15.3 Å². The van der Waals surface area contributed by atoms with E-state index in [1.54, 1.807) is 0 Å². The number of piperazine rings is 1. The number of hydrogen-bond donors (Lipinski definition) is 0. The van der Waals surface area contributed by atoms with Crippen molar-refractivity contribution >= 4 is 23.2 Å². The fourth-order valence-electron chi connectivity index (χ4n) is 3.43. The van der Waals surface area contributed by atoms with Gasteiger partial charge in [0.1, 0.15) is 0 Å². The van der Waals surface area contributed by atoms with E-state index in [0.29, 0.717) is 51.4 Å². The van der Waals surface area contributed by atoms with Gasteiger partial charge in [-0.15, -0.1) is 21.5 Å². The highest BCUT2D eigenvalue weighted by Gasteiger charge is 2.25. The summed E-state index contributed by atoms with van der Waals surface area (Å²) in [7, 11) is 0. The van der Waals surface area contributed by atoms with Gasteiger partial charge < -0.3 is 9.80 Å². The number of carbonyl (C=O) groups is 2. The first kappa shape index (κ1) is 20.2. The molecule has 1 aromatic carbocycles. The summed E-state index contributed by atoms with van der Waals surface area (Å²) in [5, 5.41) is 12.5. The molecule has 0 aliphatic carbocycles. The second-order valence-electron chi connectivity index (χ2n) is 7.26. The summed E-state index contributed by atoms with van der Waals surface area (Å²) in [4.78, 5) is 32.2. The van der Waals surface area contributed by atoms with Crippen molar-refractivity contribution in [2.24, 2.45) is 0 Å². The molecule has 1 aliphatic heterocycles. The molecule has 0 spiro atoms. The van der Waals surface area contributed by atoms with Gasteiger partial charge >= 0.3 is 0 Å². The topological polar surface area (TPSA) is 84.2 Å². The molecular formula is C21H24N6O2S. The van der Waals surface area contributed by atoms with Crippen LogP contribution in [-0.2, 0) is 11.3 Å². The summed E-state index contributed by atoms with van der Waals surface area (Å²) in [5.74, 6) is 0.757. The Balaban J connectivity index is 1.21. The Labute approximate surface area is 179 Å². The minimum absolute atomic E-state index is 0.0617. The lowest BCUT2D eigenvalue weighted by Gasteiger charge is -2.34. The Morgan fingerprint density at radius 3 is 2.43 bits per heavy atom. The molecule has 3 aromatic rings. The van der Waals surface area contributed by atoms with Crippen LogP contribution in [0.25, 0.3) is 11.4 Å². The van der Waals surface area contributed by atoms with E-state index < -0.39 is 0 Å². The number of rotatable bonds is 6. The molecule has 0 N–H and O–H groups in total. The molecule has 30 heavy (non-hydrogen) atoms. The predicted molar refractivity (Wildman–Crippen MR) is 114 cm³/mol. The van der Waals surface area contributed by atoms with E-state index in [9.17, 15) is 9.59 Å². The summed E-state index contributed by atoms with van der Waals surface area (Å²) in [6.07, 6.45) is 1.08. The van der Waals surface area contributed by atoms with Crippen molar-refractivity contribution in [3.8, 4) is 11.4 Å². The molecular weight excluding hydrogens is 400 g/mol. The Morgan fingerprint density at radius 1 is 1.00 bits per heavy atom. The Morgan fingerprint density at radius 2 is 1.73 bits per heavy atom. The molecule has 3 heterocycles. The molecule has 2 amide bonds. The monoisotopic (exact) mass is 424 g/mol. The summed E-state index contributed by atoms with van der Waals surface area (Å²) in [5.41, 5.74) is 0.921. The highest BCUT2D eigenvalue weighted by Crippen LogP contribution is 2.18. The van der Waals surface area contributed by atoms with Gasteiger partial charge in [0.15, 0.2) is 0 Å².